The molecule has 3 rings (SSSR count). The minimum Gasteiger partial charge on any atom is -0.383 e. The largest absolute Gasteiger partial charge is 0.383 e. The number of aryl methyl sites for hydroxylation is 2. The smallest absolute Gasteiger partial charge is 0.132 e. The zero-order valence-electron chi connectivity index (χ0n) is 13.4. The van der Waals surface area contributed by atoms with E-state index >= 15 is 0 Å². The van der Waals surface area contributed by atoms with Gasteiger partial charge in [0.25, 0.3) is 0 Å². The van der Waals surface area contributed by atoms with Crippen LogP contribution in [0.4, 0.5) is 8.78 Å². The number of hydrogen-bond acceptors (Lipinski definition) is 2. The predicted octanol–water partition coefficient (Wildman–Crippen LogP) is 5.06. The summed E-state index contributed by atoms with van der Waals surface area (Å²) in [5, 5.41) is 15.9. The highest BCUT2D eigenvalue weighted by Gasteiger charge is 2.26. The Hall–Kier alpha value is -1.95. The van der Waals surface area contributed by atoms with Crippen molar-refractivity contribution >= 4 is 23.2 Å². The molecule has 3 nitrogen and oxygen atoms in total. The van der Waals surface area contributed by atoms with Crippen LogP contribution in [0, 0.1) is 18.6 Å². The van der Waals surface area contributed by atoms with E-state index in [0.717, 1.165) is 12.1 Å². The van der Waals surface area contributed by atoms with Crippen LogP contribution in [0.15, 0.2) is 36.4 Å². The molecule has 0 radical (unpaired) electrons. The second kappa shape index (κ2) is 6.75. The van der Waals surface area contributed by atoms with Crippen molar-refractivity contribution in [2.75, 3.05) is 0 Å². The highest BCUT2D eigenvalue weighted by Crippen LogP contribution is 2.38. The number of halogens is 4. The van der Waals surface area contributed by atoms with Crippen LogP contribution in [-0.4, -0.2) is 14.9 Å². The quantitative estimate of drug-likeness (QED) is 0.687. The zero-order valence-corrected chi connectivity index (χ0v) is 14.9. The first-order chi connectivity index (χ1) is 11.8. The monoisotopic (exact) mass is 382 g/mol. The molecule has 0 spiro atoms. The second-order valence-corrected chi connectivity index (χ2v) is 6.51. The Morgan fingerprint density at radius 1 is 1.12 bits per heavy atom. The number of rotatable bonds is 3. The molecular weight excluding hydrogens is 369 g/mol. The number of benzene rings is 2. The van der Waals surface area contributed by atoms with E-state index in [2.05, 4.69) is 5.10 Å². The Bertz CT molecular complexity index is 956. The van der Waals surface area contributed by atoms with Crippen molar-refractivity contribution in [3.8, 4) is 11.3 Å². The van der Waals surface area contributed by atoms with Crippen molar-refractivity contribution in [3.63, 3.8) is 0 Å². The molecule has 0 fully saturated rings. The summed E-state index contributed by atoms with van der Waals surface area (Å²) < 4.78 is 28.8. The van der Waals surface area contributed by atoms with E-state index in [1.165, 1.54) is 6.07 Å². The summed E-state index contributed by atoms with van der Waals surface area (Å²) in [5.41, 5.74) is 2.02. The van der Waals surface area contributed by atoms with Gasteiger partial charge in [-0.05, 0) is 31.2 Å². The maximum absolute atomic E-state index is 14.1. The maximum Gasteiger partial charge on any atom is 0.132 e. The first-order valence-corrected chi connectivity index (χ1v) is 8.17. The summed E-state index contributed by atoms with van der Waals surface area (Å²) in [4.78, 5) is 0. The molecule has 25 heavy (non-hydrogen) atoms. The summed E-state index contributed by atoms with van der Waals surface area (Å²) >= 11 is 12.2. The zero-order chi connectivity index (χ0) is 18.3. The topological polar surface area (TPSA) is 38.0 Å². The second-order valence-electron chi connectivity index (χ2n) is 5.66. The van der Waals surface area contributed by atoms with Crippen molar-refractivity contribution in [3.05, 3.63) is 74.9 Å². The molecule has 1 N–H and O–H groups in total. The van der Waals surface area contributed by atoms with Gasteiger partial charge in [-0.3, -0.25) is 4.68 Å². The molecule has 0 amide bonds. The number of hydrogen-bond donors (Lipinski definition) is 1. The highest BCUT2D eigenvalue weighted by molar-refractivity contribution is 6.36. The average molecular weight is 383 g/mol. The maximum atomic E-state index is 14.1. The van der Waals surface area contributed by atoms with Crippen molar-refractivity contribution in [1.29, 1.82) is 0 Å². The fraction of sp³-hybridized carbons (Fsp3) is 0.167. The number of aliphatic hydroxyl groups is 1. The van der Waals surface area contributed by atoms with Crippen molar-refractivity contribution in [2.45, 2.75) is 13.0 Å². The Kier molecular flexibility index (Phi) is 4.82. The number of aliphatic hydroxyl groups excluding tert-OH is 1. The third-order valence-electron chi connectivity index (χ3n) is 3.99. The molecule has 0 saturated heterocycles. The van der Waals surface area contributed by atoms with Crippen LogP contribution < -0.4 is 0 Å². The molecule has 0 saturated carbocycles. The van der Waals surface area contributed by atoms with Gasteiger partial charge in [-0.25, -0.2) is 8.78 Å². The van der Waals surface area contributed by atoms with Crippen molar-refractivity contribution in [2.24, 2.45) is 7.05 Å². The third-order valence-corrected chi connectivity index (χ3v) is 4.53. The minimum absolute atomic E-state index is 0.0381. The summed E-state index contributed by atoms with van der Waals surface area (Å²) in [6.45, 7) is 1.70. The molecule has 1 heterocycles. The van der Waals surface area contributed by atoms with Crippen LogP contribution >= 0.6 is 23.2 Å². The molecule has 0 aliphatic rings. The highest BCUT2D eigenvalue weighted by atomic mass is 35.5. The standard InChI is InChI=1S/C18H14Cl2F2N2O/c1-9-16(18(25)13-6-4-11(21)8-15(13)22)17(24(2)23-9)12-5-3-10(19)7-14(12)20/h3-8,18,25H,1-2H3. The van der Waals surface area contributed by atoms with E-state index in [1.54, 1.807) is 36.9 Å². The summed E-state index contributed by atoms with van der Waals surface area (Å²) in [6, 6.07) is 8.00. The average Bonchev–Trinajstić information content (AvgIpc) is 2.81. The lowest BCUT2D eigenvalue weighted by Gasteiger charge is -2.15. The van der Waals surface area contributed by atoms with Crippen LogP contribution in [0.25, 0.3) is 11.3 Å². The molecule has 7 heteroatoms. The van der Waals surface area contributed by atoms with Gasteiger partial charge in [0.1, 0.15) is 17.7 Å². The van der Waals surface area contributed by atoms with E-state index in [0.29, 0.717) is 32.6 Å². The molecule has 0 aliphatic carbocycles. The Labute approximate surface area is 153 Å². The number of nitrogens with zero attached hydrogens (tertiary/aromatic N) is 2. The molecule has 130 valence electrons. The van der Waals surface area contributed by atoms with Crippen LogP contribution in [0.1, 0.15) is 22.9 Å². The van der Waals surface area contributed by atoms with Gasteiger partial charge < -0.3 is 5.11 Å². The van der Waals surface area contributed by atoms with Crippen LogP contribution in [0.5, 0.6) is 0 Å². The van der Waals surface area contributed by atoms with Gasteiger partial charge in [0.2, 0.25) is 0 Å². The van der Waals surface area contributed by atoms with Gasteiger partial charge in [-0.1, -0.05) is 29.3 Å². The van der Waals surface area contributed by atoms with Gasteiger partial charge >= 0.3 is 0 Å². The lowest BCUT2D eigenvalue weighted by Crippen LogP contribution is -2.06. The van der Waals surface area contributed by atoms with Crippen LogP contribution in [0.3, 0.4) is 0 Å². The molecule has 0 bridgehead atoms. The van der Waals surface area contributed by atoms with Crippen LogP contribution in [-0.2, 0) is 7.05 Å². The molecule has 0 aliphatic heterocycles. The van der Waals surface area contributed by atoms with E-state index < -0.39 is 17.7 Å². The molecule has 1 atom stereocenters. The van der Waals surface area contributed by atoms with Crippen LogP contribution in [0.2, 0.25) is 10.0 Å². The fourth-order valence-electron chi connectivity index (χ4n) is 2.88. The SMILES string of the molecule is Cc1nn(C)c(-c2ccc(Cl)cc2Cl)c1C(O)c1ccc(F)cc1F. The van der Waals surface area contributed by atoms with Gasteiger partial charge in [0.05, 0.1) is 16.4 Å². The third kappa shape index (κ3) is 3.27. The summed E-state index contributed by atoms with van der Waals surface area (Å²) in [7, 11) is 1.70. The Morgan fingerprint density at radius 2 is 1.84 bits per heavy atom. The summed E-state index contributed by atoms with van der Waals surface area (Å²) in [6.07, 6.45) is -1.32. The first-order valence-electron chi connectivity index (χ1n) is 7.41. The first kappa shape index (κ1) is 17.9. The van der Waals surface area contributed by atoms with E-state index in [4.69, 9.17) is 23.2 Å². The van der Waals surface area contributed by atoms with Gasteiger partial charge in [0.15, 0.2) is 0 Å². The van der Waals surface area contributed by atoms with Gasteiger partial charge in [0, 0.05) is 34.8 Å². The van der Waals surface area contributed by atoms with Gasteiger partial charge in [-0.15, -0.1) is 0 Å². The fourth-order valence-corrected chi connectivity index (χ4v) is 3.38. The van der Waals surface area contributed by atoms with Gasteiger partial charge in [-0.2, -0.15) is 5.10 Å². The molecule has 1 unspecified atom stereocenters. The molecule has 2 aromatic carbocycles. The normalized spacial score (nSPS) is 12.4. The molecule has 3 aromatic rings. The Morgan fingerprint density at radius 3 is 2.48 bits per heavy atom. The van der Waals surface area contributed by atoms with Crippen molar-refractivity contribution in [1.82, 2.24) is 9.78 Å². The Balaban J connectivity index is 2.20. The molecule has 1 aromatic heterocycles. The summed E-state index contributed by atoms with van der Waals surface area (Å²) in [5.74, 6) is -1.54. The minimum atomic E-state index is -1.32. The number of aromatic nitrogens is 2. The predicted molar refractivity (Wildman–Crippen MR) is 93.8 cm³/mol. The van der Waals surface area contributed by atoms with E-state index in [9.17, 15) is 13.9 Å². The van der Waals surface area contributed by atoms with Crippen molar-refractivity contribution < 1.29 is 13.9 Å². The van der Waals surface area contributed by atoms with E-state index in [1.807, 2.05) is 0 Å². The lowest BCUT2D eigenvalue weighted by molar-refractivity contribution is 0.214. The lowest BCUT2D eigenvalue weighted by atomic mass is 9.96. The van der Waals surface area contributed by atoms with E-state index in [-0.39, 0.29) is 5.56 Å². The molecular formula is C18H14Cl2F2N2O.